The zero-order valence-electron chi connectivity index (χ0n) is 14.8. The van der Waals surface area contributed by atoms with Crippen molar-refractivity contribution in [2.45, 2.75) is 13.8 Å². The third-order valence-electron chi connectivity index (χ3n) is 4.59. The molecule has 4 aromatic rings. The molecule has 4 rings (SSSR count). The number of hydrogen-bond donors (Lipinski definition) is 1. The van der Waals surface area contributed by atoms with Crippen LogP contribution in [0.25, 0.3) is 28.2 Å². The number of aromatic hydroxyl groups is 1. The molecular formula is C23H20N2O. The van der Waals surface area contributed by atoms with Crippen molar-refractivity contribution < 1.29 is 5.11 Å². The van der Waals surface area contributed by atoms with Gasteiger partial charge in [0.25, 0.3) is 0 Å². The van der Waals surface area contributed by atoms with Crippen molar-refractivity contribution in [3.63, 3.8) is 0 Å². The highest BCUT2D eigenvalue weighted by Gasteiger charge is 2.22. The smallest absolute Gasteiger partial charge is 0.170 e. The molecule has 1 heterocycles. The normalized spacial score (nSPS) is 10.8. The van der Waals surface area contributed by atoms with Crippen LogP contribution in [0.5, 0.6) is 5.75 Å². The van der Waals surface area contributed by atoms with E-state index in [1.807, 2.05) is 97.4 Å². The van der Waals surface area contributed by atoms with Gasteiger partial charge in [-0.2, -0.15) is 5.10 Å². The second kappa shape index (κ2) is 6.52. The van der Waals surface area contributed by atoms with Gasteiger partial charge in [-0.1, -0.05) is 72.3 Å². The molecule has 3 nitrogen and oxygen atoms in total. The van der Waals surface area contributed by atoms with E-state index in [4.69, 9.17) is 5.10 Å². The second-order valence-corrected chi connectivity index (χ2v) is 6.47. The molecule has 0 aliphatic carbocycles. The molecule has 0 saturated carbocycles. The van der Waals surface area contributed by atoms with E-state index in [0.717, 1.165) is 22.4 Å². The van der Waals surface area contributed by atoms with Gasteiger partial charge in [-0.05, 0) is 31.5 Å². The van der Waals surface area contributed by atoms with E-state index in [1.165, 1.54) is 5.56 Å². The zero-order valence-corrected chi connectivity index (χ0v) is 14.8. The minimum atomic E-state index is 0.201. The Balaban J connectivity index is 2.00. The molecule has 128 valence electrons. The van der Waals surface area contributed by atoms with Crippen LogP contribution in [0.3, 0.4) is 0 Å². The number of benzene rings is 3. The Morgan fingerprint density at radius 2 is 1.42 bits per heavy atom. The maximum Gasteiger partial charge on any atom is 0.170 e. The lowest BCUT2D eigenvalue weighted by atomic mass is 10.0. The second-order valence-electron chi connectivity index (χ2n) is 6.47. The minimum Gasteiger partial charge on any atom is -0.504 e. The maximum absolute atomic E-state index is 11.1. The molecule has 0 bridgehead atoms. The van der Waals surface area contributed by atoms with Crippen LogP contribution >= 0.6 is 0 Å². The number of aryl methyl sites for hydroxylation is 2. The van der Waals surface area contributed by atoms with Gasteiger partial charge in [0.1, 0.15) is 11.4 Å². The van der Waals surface area contributed by atoms with E-state index in [1.54, 1.807) is 0 Å². The fraction of sp³-hybridized carbons (Fsp3) is 0.0870. The lowest BCUT2D eigenvalue weighted by Gasteiger charge is -2.10. The molecule has 1 aromatic heterocycles. The van der Waals surface area contributed by atoms with Gasteiger partial charge in [0, 0.05) is 11.1 Å². The summed E-state index contributed by atoms with van der Waals surface area (Å²) in [5, 5.41) is 15.9. The summed E-state index contributed by atoms with van der Waals surface area (Å²) < 4.78 is 1.83. The number of para-hydroxylation sites is 1. The average molecular weight is 340 g/mol. The third-order valence-corrected chi connectivity index (χ3v) is 4.59. The van der Waals surface area contributed by atoms with Gasteiger partial charge in [-0.15, -0.1) is 0 Å². The van der Waals surface area contributed by atoms with Crippen LogP contribution in [-0.4, -0.2) is 14.9 Å². The predicted octanol–water partition coefficient (Wildman–Crippen LogP) is 5.53. The SMILES string of the molecule is Cc1ccc(-c2nn(-c3ccccc3)c(-c3ccccc3C)c2O)cc1. The monoisotopic (exact) mass is 340 g/mol. The highest BCUT2D eigenvalue weighted by Crippen LogP contribution is 2.40. The fourth-order valence-corrected chi connectivity index (χ4v) is 3.15. The molecule has 0 aliphatic heterocycles. The van der Waals surface area contributed by atoms with Crippen molar-refractivity contribution in [3.05, 3.63) is 90.0 Å². The van der Waals surface area contributed by atoms with Crippen molar-refractivity contribution in [3.8, 4) is 34.0 Å². The molecule has 3 heteroatoms. The Morgan fingerprint density at radius 3 is 2.12 bits per heavy atom. The summed E-state index contributed by atoms with van der Waals surface area (Å²) in [7, 11) is 0. The number of nitrogens with zero attached hydrogens (tertiary/aromatic N) is 2. The molecule has 26 heavy (non-hydrogen) atoms. The minimum absolute atomic E-state index is 0.201. The maximum atomic E-state index is 11.1. The van der Waals surface area contributed by atoms with Gasteiger partial charge in [-0.3, -0.25) is 0 Å². The van der Waals surface area contributed by atoms with Gasteiger partial charge in [0.05, 0.1) is 5.69 Å². The van der Waals surface area contributed by atoms with Crippen LogP contribution in [0.15, 0.2) is 78.9 Å². The standard InChI is InChI=1S/C23H20N2O/c1-16-12-14-18(15-13-16)21-23(26)22(20-11-7-6-8-17(20)2)25(24-21)19-9-4-3-5-10-19/h3-15,26H,1-2H3. The quantitative estimate of drug-likeness (QED) is 0.532. The first-order chi connectivity index (χ1) is 12.6. The van der Waals surface area contributed by atoms with Crippen LogP contribution < -0.4 is 0 Å². The first kappa shape index (κ1) is 16.2. The van der Waals surface area contributed by atoms with Crippen molar-refractivity contribution in [2.24, 2.45) is 0 Å². The molecule has 0 unspecified atom stereocenters. The molecular weight excluding hydrogens is 320 g/mol. The highest BCUT2D eigenvalue weighted by molar-refractivity contribution is 5.80. The number of aromatic nitrogens is 2. The first-order valence-electron chi connectivity index (χ1n) is 8.65. The first-order valence-corrected chi connectivity index (χ1v) is 8.65. The van der Waals surface area contributed by atoms with Gasteiger partial charge in [-0.25, -0.2) is 4.68 Å². The molecule has 0 aliphatic rings. The summed E-state index contributed by atoms with van der Waals surface area (Å²) in [6, 6.07) is 26.0. The Bertz CT molecular complexity index is 1050. The third kappa shape index (κ3) is 2.78. The fourth-order valence-electron chi connectivity index (χ4n) is 3.15. The van der Waals surface area contributed by atoms with Crippen molar-refractivity contribution in [2.75, 3.05) is 0 Å². The van der Waals surface area contributed by atoms with Crippen LogP contribution in [0, 0.1) is 13.8 Å². The Hall–Kier alpha value is -3.33. The summed E-state index contributed by atoms with van der Waals surface area (Å²) in [6.07, 6.45) is 0. The Morgan fingerprint density at radius 1 is 0.769 bits per heavy atom. The molecule has 1 N–H and O–H groups in total. The average Bonchev–Trinajstić information content (AvgIpc) is 3.01. The van der Waals surface area contributed by atoms with Crippen LogP contribution in [0.2, 0.25) is 0 Å². The highest BCUT2D eigenvalue weighted by atomic mass is 16.3. The molecule has 0 spiro atoms. The van der Waals surface area contributed by atoms with Crippen LogP contribution in [0.4, 0.5) is 0 Å². The van der Waals surface area contributed by atoms with E-state index >= 15 is 0 Å². The van der Waals surface area contributed by atoms with Crippen LogP contribution in [-0.2, 0) is 0 Å². The summed E-state index contributed by atoms with van der Waals surface area (Å²) >= 11 is 0. The van der Waals surface area contributed by atoms with Crippen molar-refractivity contribution in [1.29, 1.82) is 0 Å². The van der Waals surface area contributed by atoms with Gasteiger partial charge in [0.15, 0.2) is 5.75 Å². The zero-order chi connectivity index (χ0) is 18.1. The summed E-state index contributed by atoms with van der Waals surface area (Å²) in [6.45, 7) is 4.09. The van der Waals surface area contributed by atoms with Crippen molar-refractivity contribution in [1.82, 2.24) is 9.78 Å². The molecule has 0 atom stereocenters. The summed E-state index contributed by atoms with van der Waals surface area (Å²) in [4.78, 5) is 0. The Kier molecular flexibility index (Phi) is 4.05. The van der Waals surface area contributed by atoms with E-state index < -0.39 is 0 Å². The van der Waals surface area contributed by atoms with E-state index in [0.29, 0.717) is 11.4 Å². The molecule has 0 amide bonds. The number of rotatable bonds is 3. The molecule has 3 aromatic carbocycles. The lowest BCUT2D eigenvalue weighted by Crippen LogP contribution is -1.99. The predicted molar refractivity (Wildman–Crippen MR) is 106 cm³/mol. The molecule has 0 saturated heterocycles. The van der Waals surface area contributed by atoms with Gasteiger partial charge >= 0.3 is 0 Å². The molecule has 0 radical (unpaired) electrons. The topological polar surface area (TPSA) is 38.0 Å². The number of hydrogen-bond acceptors (Lipinski definition) is 2. The summed E-state index contributed by atoms with van der Waals surface area (Å²) in [5.41, 5.74) is 6.36. The summed E-state index contributed by atoms with van der Waals surface area (Å²) in [5.74, 6) is 0.201. The van der Waals surface area contributed by atoms with Gasteiger partial charge < -0.3 is 5.11 Å². The van der Waals surface area contributed by atoms with E-state index in [-0.39, 0.29) is 5.75 Å². The Labute approximate surface area is 153 Å². The van der Waals surface area contributed by atoms with Crippen molar-refractivity contribution >= 4 is 0 Å². The largest absolute Gasteiger partial charge is 0.504 e. The van der Waals surface area contributed by atoms with Gasteiger partial charge in [0.2, 0.25) is 0 Å². The lowest BCUT2D eigenvalue weighted by molar-refractivity contribution is 0.479. The van der Waals surface area contributed by atoms with E-state index in [2.05, 4.69) is 0 Å². The van der Waals surface area contributed by atoms with E-state index in [9.17, 15) is 5.11 Å². The molecule has 0 fully saturated rings. The van der Waals surface area contributed by atoms with Crippen LogP contribution in [0.1, 0.15) is 11.1 Å².